The lowest BCUT2D eigenvalue weighted by Crippen LogP contribution is -2.04. The van der Waals surface area contributed by atoms with E-state index in [4.69, 9.17) is 15.6 Å². The fourth-order valence-electron chi connectivity index (χ4n) is 2.56. The standard InChI is InChI=1S/C19H21N3O/c1-2-23-18-10-8-17(9-11-18)22-19(14-16(21-22)12-13-20)15-6-4-3-5-7-15/h3-11,14H,2,12-13,20H2,1H3. The van der Waals surface area contributed by atoms with Crippen molar-refractivity contribution in [1.29, 1.82) is 0 Å². The Hall–Kier alpha value is -2.59. The number of hydrogen-bond donors (Lipinski definition) is 1. The van der Waals surface area contributed by atoms with E-state index in [1.54, 1.807) is 0 Å². The van der Waals surface area contributed by atoms with Gasteiger partial charge in [0.05, 0.1) is 23.7 Å². The molecule has 118 valence electrons. The Morgan fingerprint density at radius 2 is 1.78 bits per heavy atom. The van der Waals surface area contributed by atoms with E-state index in [2.05, 4.69) is 18.2 Å². The minimum absolute atomic E-state index is 0.592. The van der Waals surface area contributed by atoms with E-state index in [9.17, 15) is 0 Å². The fourth-order valence-corrected chi connectivity index (χ4v) is 2.56. The van der Waals surface area contributed by atoms with Gasteiger partial charge >= 0.3 is 0 Å². The Kier molecular flexibility index (Phi) is 4.74. The Morgan fingerprint density at radius 3 is 2.43 bits per heavy atom. The molecule has 0 fully saturated rings. The lowest BCUT2D eigenvalue weighted by atomic mass is 10.1. The summed E-state index contributed by atoms with van der Waals surface area (Å²) in [6, 6.07) is 20.4. The summed E-state index contributed by atoms with van der Waals surface area (Å²) in [6.45, 7) is 3.24. The Morgan fingerprint density at radius 1 is 1.04 bits per heavy atom. The second kappa shape index (κ2) is 7.11. The van der Waals surface area contributed by atoms with E-state index in [0.717, 1.165) is 34.8 Å². The van der Waals surface area contributed by atoms with E-state index in [-0.39, 0.29) is 0 Å². The number of ether oxygens (including phenoxy) is 1. The summed E-state index contributed by atoms with van der Waals surface area (Å²) < 4.78 is 7.48. The maximum Gasteiger partial charge on any atom is 0.119 e. The van der Waals surface area contributed by atoms with Gasteiger partial charge in [-0.25, -0.2) is 4.68 Å². The maximum absolute atomic E-state index is 5.68. The molecule has 0 unspecified atom stereocenters. The first-order valence-corrected chi connectivity index (χ1v) is 7.89. The minimum Gasteiger partial charge on any atom is -0.494 e. The lowest BCUT2D eigenvalue weighted by Gasteiger charge is -2.09. The van der Waals surface area contributed by atoms with Crippen LogP contribution in [0.15, 0.2) is 60.7 Å². The Labute approximate surface area is 136 Å². The third-order valence-corrected chi connectivity index (χ3v) is 3.62. The van der Waals surface area contributed by atoms with Crippen molar-refractivity contribution in [3.8, 4) is 22.7 Å². The zero-order chi connectivity index (χ0) is 16.1. The highest BCUT2D eigenvalue weighted by Gasteiger charge is 2.11. The molecule has 0 amide bonds. The largest absolute Gasteiger partial charge is 0.494 e. The van der Waals surface area contributed by atoms with Crippen LogP contribution in [0.2, 0.25) is 0 Å². The molecule has 0 saturated carbocycles. The van der Waals surface area contributed by atoms with Gasteiger partial charge in [0.25, 0.3) is 0 Å². The van der Waals surface area contributed by atoms with Crippen molar-refractivity contribution in [2.75, 3.05) is 13.2 Å². The van der Waals surface area contributed by atoms with Gasteiger partial charge in [0.2, 0.25) is 0 Å². The molecular formula is C19H21N3O. The van der Waals surface area contributed by atoms with Gasteiger partial charge < -0.3 is 10.5 Å². The first-order valence-electron chi connectivity index (χ1n) is 7.89. The highest BCUT2D eigenvalue weighted by molar-refractivity contribution is 5.62. The van der Waals surface area contributed by atoms with Gasteiger partial charge in [0.1, 0.15) is 5.75 Å². The topological polar surface area (TPSA) is 53.1 Å². The van der Waals surface area contributed by atoms with Crippen molar-refractivity contribution in [2.24, 2.45) is 5.73 Å². The van der Waals surface area contributed by atoms with Crippen LogP contribution in [0, 0.1) is 0 Å². The van der Waals surface area contributed by atoms with E-state index in [1.165, 1.54) is 0 Å². The third kappa shape index (κ3) is 3.43. The average Bonchev–Trinajstić information content (AvgIpc) is 3.01. The zero-order valence-corrected chi connectivity index (χ0v) is 13.3. The van der Waals surface area contributed by atoms with Gasteiger partial charge in [-0.15, -0.1) is 0 Å². The van der Waals surface area contributed by atoms with Crippen LogP contribution in [0.25, 0.3) is 16.9 Å². The highest BCUT2D eigenvalue weighted by Crippen LogP contribution is 2.25. The van der Waals surface area contributed by atoms with E-state index >= 15 is 0 Å². The summed E-state index contributed by atoms with van der Waals surface area (Å²) in [7, 11) is 0. The SMILES string of the molecule is CCOc1ccc(-n2nc(CCN)cc2-c2ccccc2)cc1. The molecule has 4 nitrogen and oxygen atoms in total. The first-order chi connectivity index (χ1) is 11.3. The summed E-state index contributed by atoms with van der Waals surface area (Å²) in [6.07, 6.45) is 0.768. The van der Waals surface area contributed by atoms with Crippen LogP contribution in [0.4, 0.5) is 0 Å². The molecule has 2 aromatic carbocycles. The second-order valence-corrected chi connectivity index (χ2v) is 5.26. The molecule has 0 aliphatic carbocycles. The quantitative estimate of drug-likeness (QED) is 0.759. The molecule has 23 heavy (non-hydrogen) atoms. The van der Waals surface area contributed by atoms with Crippen molar-refractivity contribution in [1.82, 2.24) is 9.78 Å². The number of nitrogens with two attached hydrogens (primary N) is 1. The van der Waals surface area contributed by atoms with Gasteiger partial charge in [0.15, 0.2) is 0 Å². The number of nitrogens with zero attached hydrogens (tertiary/aromatic N) is 2. The second-order valence-electron chi connectivity index (χ2n) is 5.26. The summed E-state index contributed by atoms with van der Waals surface area (Å²) in [5, 5.41) is 4.72. The summed E-state index contributed by atoms with van der Waals surface area (Å²) >= 11 is 0. The van der Waals surface area contributed by atoms with Crippen LogP contribution in [0.3, 0.4) is 0 Å². The monoisotopic (exact) mass is 307 g/mol. The molecule has 0 saturated heterocycles. The molecule has 0 atom stereocenters. The van der Waals surface area contributed by atoms with Crippen LogP contribution in [0.5, 0.6) is 5.75 Å². The molecule has 0 spiro atoms. The molecule has 0 aliphatic rings. The molecule has 0 aliphatic heterocycles. The van der Waals surface area contributed by atoms with Gasteiger partial charge in [-0.2, -0.15) is 5.10 Å². The smallest absolute Gasteiger partial charge is 0.119 e. The predicted molar refractivity (Wildman–Crippen MR) is 92.9 cm³/mol. The summed E-state index contributed by atoms with van der Waals surface area (Å²) in [5.41, 5.74) is 9.90. The summed E-state index contributed by atoms with van der Waals surface area (Å²) in [4.78, 5) is 0. The number of benzene rings is 2. The molecular weight excluding hydrogens is 286 g/mol. The molecule has 3 aromatic rings. The molecule has 0 bridgehead atoms. The molecule has 2 N–H and O–H groups in total. The fraction of sp³-hybridized carbons (Fsp3) is 0.211. The van der Waals surface area contributed by atoms with E-state index < -0.39 is 0 Å². The molecule has 0 radical (unpaired) electrons. The molecule has 4 heteroatoms. The number of rotatable bonds is 6. The van der Waals surface area contributed by atoms with E-state index in [1.807, 2.05) is 54.1 Å². The van der Waals surface area contributed by atoms with Crippen LogP contribution < -0.4 is 10.5 Å². The van der Waals surface area contributed by atoms with Gasteiger partial charge in [-0.3, -0.25) is 0 Å². The maximum atomic E-state index is 5.68. The number of hydrogen-bond acceptors (Lipinski definition) is 3. The predicted octanol–water partition coefficient (Wildman–Crippen LogP) is 3.44. The van der Waals surface area contributed by atoms with Crippen molar-refractivity contribution in [3.63, 3.8) is 0 Å². The molecule has 1 heterocycles. The minimum atomic E-state index is 0.592. The van der Waals surface area contributed by atoms with Crippen LogP contribution in [-0.2, 0) is 6.42 Å². The average molecular weight is 307 g/mol. The van der Waals surface area contributed by atoms with Crippen molar-refractivity contribution >= 4 is 0 Å². The lowest BCUT2D eigenvalue weighted by molar-refractivity contribution is 0.340. The Balaban J connectivity index is 2.03. The van der Waals surface area contributed by atoms with Crippen molar-refractivity contribution in [3.05, 3.63) is 66.4 Å². The van der Waals surface area contributed by atoms with Crippen LogP contribution in [-0.4, -0.2) is 22.9 Å². The Bertz CT molecular complexity index is 748. The highest BCUT2D eigenvalue weighted by atomic mass is 16.5. The van der Waals surface area contributed by atoms with Gasteiger partial charge in [0, 0.05) is 12.0 Å². The van der Waals surface area contributed by atoms with Crippen LogP contribution >= 0.6 is 0 Å². The molecule has 3 rings (SSSR count). The van der Waals surface area contributed by atoms with E-state index in [0.29, 0.717) is 13.2 Å². The number of aromatic nitrogens is 2. The van der Waals surface area contributed by atoms with Crippen molar-refractivity contribution in [2.45, 2.75) is 13.3 Å². The van der Waals surface area contributed by atoms with Crippen LogP contribution in [0.1, 0.15) is 12.6 Å². The van der Waals surface area contributed by atoms with Gasteiger partial charge in [-0.05, 0) is 43.8 Å². The third-order valence-electron chi connectivity index (χ3n) is 3.62. The van der Waals surface area contributed by atoms with Crippen molar-refractivity contribution < 1.29 is 4.74 Å². The van der Waals surface area contributed by atoms with Gasteiger partial charge in [-0.1, -0.05) is 30.3 Å². The summed E-state index contributed by atoms with van der Waals surface area (Å²) in [5.74, 6) is 0.867. The molecule has 1 aromatic heterocycles. The zero-order valence-electron chi connectivity index (χ0n) is 13.3. The first kappa shape index (κ1) is 15.3. The normalized spacial score (nSPS) is 10.7.